The minimum Gasteiger partial charge on any atom is -0.480 e. The van der Waals surface area contributed by atoms with Gasteiger partial charge < -0.3 is 10.2 Å². The Bertz CT molecular complexity index is 291. The minimum atomic E-state index is -1.65. The molecule has 0 unspecified atom stereocenters. The van der Waals surface area contributed by atoms with Crippen molar-refractivity contribution in [3.63, 3.8) is 0 Å². The number of hydrogen-bond donors (Lipinski definition) is 2. The Labute approximate surface area is 122 Å². The van der Waals surface area contributed by atoms with E-state index in [4.69, 9.17) is 0 Å². The molecule has 0 saturated heterocycles. The third-order valence-electron chi connectivity index (χ3n) is 4.45. The topological polar surface area (TPSA) is 74.6 Å². The molecule has 0 spiro atoms. The highest BCUT2D eigenvalue weighted by Crippen LogP contribution is 2.53. The quantitative estimate of drug-likeness (QED) is 0.554. The maximum atomic E-state index is 11.9. The fourth-order valence-corrected chi connectivity index (χ4v) is 3.85. The van der Waals surface area contributed by atoms with Gasteiger partial charge in [-0.2, -0.15) is 0 Å². The van der Waals surface area contributed by atoms with Crippen molar-refractivity contribution in [2.24, 2.45) is 10.8 Å². The van der Waals surface area contributed by atoms with Crippen LogP contribution in [0, 0.1) is 10.8 Å². The highest BCUT2D eigenvalue weighted by molar-refractivity contribution is 5.99. The van der Waals surface area contributed by atoms with Crippen molar-refractivity contribution in [3.8, 4) is 0 Å². The highest BCUT2D eigenvalue weighted by atomic mass is 16.4. The summed E-state index contributed by atoms with van der Waals surface area (Å²) in [7, 11) is 0. The van der Waals surface area contributed by atoms with Crippen LogP contribution in [0.15, 0.2) is 0 Å². The van der Waals surface area contributed by atoms with E-state index in [1.165, 1.54) is 0 Å². The van der Waals surface area contributed by atoms with E-state index in [0.717, 1.165) is 19.3 Å². The maximum Gasteiger partial charge on any atom is 0.321 e. The summed E-state index contributed by atoms with van der Waals surface area (Å²) in [5.74, 6) is -2.33. The first-order valence-electron chi connectivity index (χ1n) is 7.85. The lowest BCUT2D eigenvalue weighted by atomic mass is 9.55. The van der Waals surface area contributed by atoms with Gasteiger partial charge in [0, 0.05) is 0 Å². The van der Waals surface area contributed by atoms with Gasteiger partial charge in [-0.05, 0) is 31.1 Å². The van der Waals surface area contributed by atoms with Gasteiger partial charge >= 0.3 is 11.9 Å². The molecule has 0 radical (unpaired) electrons. The van der Waals surface area contributed by atoms with Crippen LogP contribution in [0.2, 0.25) is 0 Å². The SMILES string of the molecule is CCCC(CCC)(CCC)C(CCC)(C(=O)O)C(=O)O. The fourth-order valence-electron chi connectivity index (χ4n) is 3.85. The van der Waals surface area contributed by atoms with Gasteiger partial charge in [0.05, 0.1) is 0 Å². The average Bonchev–Trinajstić information content (AvgIpc) is 2.35. The van der Waals surface area contributed by atoms with Crippen LogP contribution in [-0.2, 0) is 9.59 Å². The standard InChI is InChI=1S/C16H30O4/c1-5-9-15(10-6-2,11-7-3)16(12-8-4,13(17)18)14(19)20/h5-12H2,1-4H3,(H,17,18)(H,19,20). The number of carboxylic acids is 2. The second-order valence-corrected chi connectivity index (χ2v) is 5.80. The van der Waals surface area contributed by atoms with Crippen molar-refractivity contribution < 1.29 is 19.8 Å². The van der Waals surface area contributed by atoms with Crippen LogP contribution in [-0.4, -0.2) is 22.2 Å². The summed E-state index contributed by atoms with van der Waals surface area (Å²) < 4.78 is 0. The van der Waals surface area contributed by atoms with Crippen LogP contribution in [0.5, 0.6) is 0 Å². The first kappa shape index (κ1) is 18.9. The Kier molecular flexibility index (Phi) is 7.84. The van der Waals surface area contributed by atoms with Crippen molar-refractivity contribution >= 4 is 11.9 Å². The Balaban J connectivity index is 6.06. The summed E-state index contributed by atoms with van der Waals surface area (Å²) in [5, 5.41) is 19.5. The third-order valence-corrected chi connectivity index (χ3v) is 4.45. The molecule has 0 aromatic carbocycles. The number of carboxylic acid groups (broad SMARTS) is 2. The second kappa shape index (κ2) is 8.28. The van der Waals surface area contributed by atoms with E-state index in [2.05, 4.69) is 0 Å². The molecule has 0 heterocycles. The van der Waals surface area contributed by atoms with Crippen LogP contribution in [0.1, 0.15) is 79.1 Å². The first-order chi connectivity index (χ1) is 9.38. The van der Waals surface area contributed by atoms with Gasteiger partial charge in [-0.3, -0.25) is 9.59 Å². The van der Waals surface area contributed by atoms with Gasteiger partial charge in [0.15, 0.2) is 5.41 Å². The van der Waals surface area contributed by atoms with Crippen molar-refractivity contribution in [2.75, 3.05) is 0 Å². The molecule has 0 atom stereocenters. The molecule has 0 aromatic rings. The average molecular weight is 286 g/mol. The first-order valence-corrected chi connectivity index (χ1v) is 7.85. The molecule has 0 bridgehead atoms. The van der Waals surface area contributed by atoms with Crippen LogP contribution in [0.4, 0.5) is 0 Å². The molecule has 0 aliphatic carbocycles. The molecule has 0 rings (SSSR count). The van der Waals surface area contributed by atoms with E-state index in [0.29, 0.717) is 25.7 Å². The minimum absolute atomic E-state index is 0.206. The van der Waals surface area contributed by atoms with Gasteiger partial charge in [0.25, 0.3) is 0 Å². The summed E-state index contributed by atoms with van der Waals surface area (Å²) in [4.78, 5) is 23.9. The van der Waals surface area contributed by atoms with Gasteiger partial charge in [-0.15, -0.1) is 0 Å². The largest absolute Gasteiger partial charge is 0.480 e. The summed E-state index contributed by atoms with van der Waals surface area (Å²) in [5.41, 5.74) is -2.29. The predicted octanol–water partition coefficient (Wildman–Crippen LogP) is 4.33. The molecule has 0 saturated carbocycles. The molecule has 0 aliphatic heterocycles. The normalized spacial score (nSPS) is 12.4. The second-order valence-electron chi connectivity index (χ2n) is 5.80. The number of rotatable bonds is 11. The van der Waals surface area contributed by atoms with Gasteiger partial charge in [0.1, 0.15) is 0 Å². The lowest BCUT2D eigenvalue weighted by Gasteiger charge is -2.46. The summed E-state index contributed by atoms with van der Waals surface area (Å²) in [6.45, 7) is 7.86. The van der Waals surface area contributed by atoms with Crippen molar-refractivity contribution in [3.05, 3.63) is 0 Å². The summed E-state index contributed by atoms with van der Waals surface area (Å²) in [6, 6.07) is 0. The Morgan fingerprint density at radius 2 is 1.00 bits per heavy atom. The van der Waals surface area contributed by atoms with Crippen LogP contribution >= 0.6 is 0 Å². The molecular formula is C16H30O4. The molecule has 2 N–H and O–H groups in total. The Hall–Kier alpha value is -1.06. The molecule has 0 fully saturated rings. The number of hydrogen-bond acceptors (Lipinski definition) is 2. The molecule has 4 nitrogen and oxygen atoms in total. The van der Waals surface area contributed by atoms with Gasteiger partial charge in [-0.1, -0.05) is 53.4 Å². The zero-order valence-electron chi connectivity index (χ0n) is 13.4. The van der Waals surface area contributed by atoms with Crippen LogP contribution in [0.3, 0.4) is 0 Å². The summed E-state index contributed by atoms with van der Waals surface area (Å²) >= 11 is 0. The fraction of sp³-hybridized carbons (Fsp3) is 0.875. The van der Waals surface area contributed by atoms with Gasteiger partial charge in [-0.25, -0.2) is 0 Å². The van der Waals surface area contributed by atoms with Crippen LogP contribution < -0.4 is 0 Å². The third kappa shape index (κ3) is 3.33. The van der Waals surface area contributed by atoms with Crippen molar-refractivity contribution in [1.29, 1.82) is 0 Å². The molecule has 0 aromatic heterocycles. The van der Waals surface area contributed by atoms with E-state index in [9.17, 15) is 19.8 Å². The highest BCUT2D eigenvalue weighted by Gasteiger charge is 2.59. The zero-order chi connectivity index (χ0) is 15.8. The Morgan fingerprint density at radius 3 is 1.20 bits per heavy atom. The molecule has 118 valence electrons. The lowest BCUT2D eigenvalue weighted by Crippen LogP contribution is -2.53. The molecular weight excluding hydrogens is 256 g/mol. The molecule has 0 amide bonds. The van der Waals surface area contributed by atoms with E-state index in [1.54, 1.807) is 0 Å². The Morgan fingerprint density at radius 1 is 0.700 bits per heavy atom. The van der Waals surface area contributed by atoms with Crippen molar-refractivity contribution in [2.45, 2.75) is 79.1 Å². The van der Waals surface area contributed by atoms with E-state index in [1.807, 2.05) is 27.7 Å². The molecule has 0 aliphatic rings. The van der Waals surface area contributed by atoms with Crippen molar-refractivity contribution in [1.82, 2.24) is 0 Å². The lowest BCUT2D eigenvalue weighted by molar-refractivity contribution is -0.180. The zero-order valence-corrected chi connectivity index (χ0v) is 13.4. The van der Waals surface area contributed by atoms with E-state index < -0.39 is 22.8 Å². The maximum absolute atomic E-state index is 11.9. The van der Waals surface area contributed by atoms with Crippen LogP contribution in [0.25, 0.3) is 0 Å². The molecule has 4 heteroatoms. The van der Waals surface area contributed by atoms with Gasteiger partial charge in [0.2, 0.25) is 0 Å². The summed E-state index contributed by atoms with van der Waals surface area (Å²) in [6.07, 6.45) is 5.19. The van der Waals surface area contributed by atoms with E-state index >= 15 is 0 Å². The smallest absolute Gasteiger partial charge is 0.321 e. The monoisotopic (exact) mass is 286 g/mol. The predicted molar refractivity (Wildman–Crippen MR) is 79.8 cm³/mol. The van der Waals surface area contributed by atoms with E-state index in [-0.39, 0.29) is 6.42 Å². The molecule has 20 heavy (non-hydrogen) atoms. The number of aliphatic carboxylic acids is 2. The number of carbonyl (C=O) groups is 2.